The fourth-order valence-electron chi connectivity index (χ4n) is 0.882. The van der Waals surface area contributed by atoms with Gasteiger partial charge in [-0.2, -0.15) is 22.2 Å². The average molecular weight is 229 g/mol. The van der Waals surface area contributed by atoms with Gasteiger partial charge in [-0.3, -0.25) is 0 Å². The van der Waals surface area contributed by atoms with E-state index in [1.807, 2.05) is 0 Å². The van der Waals surface area contributed by atoms with Crippen LogP contribution in [0.3, 0.4) is 0 Å². The lowest BCUT2D eigenvalue weighted by Gasteiger charge is -2.01. The highest BCUT2D eigenvalue weighted by molar-refractivity contribution is 7.33. The second-order valence-corrected chi connectivity index (χ2v) is 8.11. The Kier molecular flexibility index (Phi) is 5.59. The lowest BCUT2D eigenvalue weighted by Crippen LogP contribution is -2.03. The zero-order chi connectivity index (χ0) is 8.81. The molecule has 0 aromatic carbocycles. The van der Waals surface area contributed by atoms with Crippen molar-refractivity contribution in [3.05, 3.63) is 0 Å². The highest BCUT2D eigenvalue weighted by Gasteiger charge is 2.21. The SMILES string of the molecule is Cl[SiH](Cl)CCCCOCC1CO1. The molecule has 1 atom stereocenters. The Bertz CT molecular complexity index is 114. The molecule has 1 saturated heterocycles. The lowest BCUT2D eigenvalue weighted by molar-refractivity contribution is 0.114. The Hall–Kier alpha value is 0.717. The molecule has 72 valence electrons. The summed E-state index contributed by atoms with van der Waals surface area (Å²) in [6, 6.07) is 0.992. The summed E-state index contributed by atoms with van der Waals surface area (Å²) in [4.78, 5) is 0. The molecule has 1 rings (SSSR count). The summed E-state index contributed by atoms with van der Waals surface area (Å²) in [6.07, 6.45) is 2.54. The molecule has 0 amide bonds. The fraction of sp³-hybridized carbons (Fsp3) is 1.00. The van der Waals surface area contributed by atoms with Gasteiger partial charge in [0.05, 0.1) is 13.2 Å². The van der Waals surface area contributed by atoms with E-state index in [0.717, 1.165) is 38.7 Å². The van der Waals surface area contributed by atoms with Gasteiger partial charge in [0.1, 0.15) is 6.10 Å². The maximum Gasteiger partial charge on any atom is 0.237 e. The first-order valence-corrected chi connectivity index (χ1v) is 8.57. The second-order valence-electron chi connectivity index (χ2n) is 2.92. The molecule has 0 bridgehead atoms. The highest BCUT2D eigenvalue weighted by atomic mass is 35.7. The summed E-state index contributed by atoms with van der Waals surface area (Å²) in [7, 11) is -1.37. The van der Waals surface area contributed by atoms with E-state index in [1.165, 1.54) is 0 Å². The number of hydrogen-bond acceptors (Lipinski definition) is 2. The van der Waals surface area contributed by atoms with Crippen LogP contribution in [-0.4, -0.2) is 33.3 Å². The van der Waals surface area contributed by atoms with Gasteiger partial charge >= 0.3 is 0 Å². The van der Waals surface area contributed by atoms with Crippen LogP contribution in [0.1, 0.15) is 12.8 Å². The quantitative estimate of drug-likeness (QED) is 0.288. The Balaban J connectivity index is 1.70. The van der Waals surface area contributed by atoms with E-state index in [1.54, 1.807) is 0 Å². The van der Waals surface area contributed by atoms with Crippen molar-refractivity contribution in [2.45, 2.75) is 25.0 Å². The molecule has 1 heterocycles. The van der Waals surface area contributed by atoms with Crippen molar-refractivity contribution in [1.29, 1.82) is 0 Å². The number of rotatable bonds is 7. The van der Waals surface area contributed by atoms with Crippen LogP contribution in [0.2, 0.25) is 6.04 Å². The van der Waals surface area contributed by atoms with E-state index < -0.39 is 7.42 Å². The zero-order valence-corrected chi connectivity index (χ0v) is 9.64. The highest BCUT2D eigenvalue weighted by Crippen LogP contribution is 2.10. The Morgan fingerprint density at radius 2 is 2.17 bits per heavy atom. The molecular weight excluding hydrogens is 215 g/mol. The van der Waals surface area contributed by atoms with Crippen LogP contribution in [0.5, 0.6) is 0 Å². The standard InChI is InChI=1S/C7H14Cl2O2Si/c8-12(9)4-2-1-3-10-5-7-6-11-7/h7,12H,1-6H2. The Morgan fingerprint density at radius 3 is 2.75 bits per heavy atom. The molecular formula is C7H14Cl2O2Si. The number of hydrogen-bond donors (Lipinski definition) is 0. The van der Waals surface area contributed by atoms with Crippen molar-refractivity contribution in [2.75, 3.05) is 19.8 Å². The van der Waals surface area contributed by atoms with E-state index in [2.05, 4.69) is 0 Å². The largest absolute Gasteiger partial charge is 0.379 e. The molecule has 1 aliphatic heterocycles. The van der Waals surface area contributed by atoms with Gasteiger partial charge in [0.25, 0.3) is 0 Å². The number of epoxide rings is 1. The molecule has 0 saturated carbocycles. The smallest absolute Gasteiger partial charge is 0.237 e. The number of unbranched alkanes of at least 4 members (excludes halogenated alkanes) is 1. The van der Waals surface area contributed by atoms with Crippen LogP contribution in [-0.2, 0) is 9.47 Å². The topological polar surface area (TPSA) is 21.8 Å². The van der Waals surface area contributed by atoms with Crippen molar-refractivity contribution in [3.63, 3.8) is 0 Å². The van der Waals surface area contributed by atoms with Crippen LogP contribution in [0.15, 0.2) is 0 Å². The molecule has 0 N–H and O–H groups in total. The molecule has 0 aromatic rings. The Labute approximate surface area is 84.1 Å². The van der Waals surface area contributed by atoms with Crippen molar-refractivity contribution in [1.82, 2.24) is 0 Å². The maximum absolute atomic E-state index is 5.69. The minimum Gasteiger partial charge on any atom is -0.379 e. The summed E-state index contributed by atoms with van der Waals surface area (Å²) in [6.45, 7) is 2.44. The van der Waals surface area contributed by atoms with Crippen molar-refractivity contribution < 1.29 is 9.47 Å². The second kappa shape index (κ2) is 6.21. The molecule has 2 nitrogen and oxygen atoms in total. The summed E-state index contributed by atoms with van der Waals surface area (Å²) in [5.74, 6) is 0. The van der Waals surface area contributed by atoms with E-state index in [4.69, 9.17) is 31.6 Å². The third-order valence-electron chi connectivity index (χ3n) is 1.67. The third kappa shape index (κ3) is 6.26. The van der Waals surface area contributed by atoms with E-state index in [9.17, 15) is 0 Å². The van der Waals surface area contributed by atoms with Gasteiger partial charge < -0.3 is 9.47 Å². The zero-order valence-electron chi connectivity index (χ0n) is 6.97. The molecule has 1 unspecified atom stereocenters. The van der Waals surface area contributed by atoms with Gasteiger partial charge in [-0.1, -0.05) is 6.42 Å². The molecule has 5 heteroatoms. The maximum atomic E-state index is 5.69. The van der Waals surface area contributed by atoms with Crippen LogP contribution >= 0.6 is 22.2 Å². The van der Waals surface area contributed by atoms with Gasteiger partial charge in [-0.05, 0) is 12.5 Å². The minimum atomic E-state index is -1.37. The molecule has 1 aliphatic rings. The molecule has 1 fully saturated rings. The Morgan fingerprint density at radius 1 is 1.42 bits per heavy atom. The first-order chi connectivity index (χ1) is 5.79. The third-order valence-corrected chi connectivity index (χ3v) is 3.82. The van der Waals surface area contributed by atoms with Gasteiger partial charge in [0, 0.05) is 6.61 Å². The van der Waals surface area contributed by atoms with Crippen LogP contribution in [0.25, 0.3) is 0 Å². The van der Waals surface area contributed by atoms with Crippen LogP contribution < -0.4 is 0 Å². The van der Waals surface area contributed by atoms with Crippen molar-refractivity contribution in [3.8, 4) is 0 Å². The predicted molar refractivity (Wildman–Crippen MR) is 53.5 cm³/mol. The molecule has 0 aliphatic carbocycles. The molecule has 0 spiro atoms. The minimum absolute atomic E-state index is 0.383. The number of halogens is 2. The average Bonchev–Trinajstić information content (AvgIpc) is 2.79. The number of ether oxygens (including phenoxy) is 2. The van der Waals surface area contributed by atoms with Crippen molar-refractivity contribution >= 4 is 29.6 Å². The molecule has 12 heavy (non-hydrogen) atoms. The monoisotopic (exact) mass is 228 g/mol. The van der Waals surface area contributed by atoms with Gasteiger partial charge in [0.2, 0.25) is 7.42 Å². The summed E-state index contributed by atoms with van der Waals surface area (Å²) in [5.41, 5.74) is 0. The van der Waals surface area contributed by atoms with E-state index in [-0.39, 0.29) is 0 Å². The van der Waals surface area contributed by atoms with Gasteiger partial charge in [0.15, 0.2) is 0 Å². The predicted octanol–water partition coefficient (Wildman–Crippen LogP) is 1.88. The first-order valence-electron chi connectivity index (χ1n) is 4.26. The van der Waals surface area contributed by atoms with Crippen LogP contribution in [0.4, 0.5) is 0 Å². The summed E-state index contributed by atoms with van der Waals surface area (Å²) in [5, 5.41) is 0. The van der Waals surface area contributed by atoms with Crippen LogP contribution in [0, 0.1) is 0 Å². The van der Waals surface area contributed by atoms with E-state index in [0.29, 0.717) is 6.10 Å². The fourth-order valence-corrected chi connectivity index (χ4v) is 2.40. The van der Waals surface area contributed by atoms with Gasteiger partial charge in [-0.25, -0.2) is 0 Å². The molecule has 0 aromatic heterocycles. The lowest BCUT2D eigenvalue weighted by atomic mass is 10.3. The first kappa shape index (κ1) is 10.8. The normalized spacial score (nSPS) is 21.8. The van der Waals surface area contributed by atoms with Crippen molar-refractivity contribution in [2.24, 2.45) is 0 Å². The summed E-state index contributed by atoms with van der Waals surface area (Å²) >= 11 is 11.4. The van der Waals surface area contributed by atoms with Gasteiger partial charge in [-0.15, -0.1) is 0 Å². The van der Waals surface area contributed by atoms with E-state index >= 15 is 0 Å². The molecule has 0 radical (unpaired) electrons. The summed E-state index contributed by atoms with van der Waals surface area (Å²) < 4.78 is 10.3.